The maximum atomic E-state index is 10.7. The number of aromatic nitrogens is 4. The van der Waals surface area contributed by atoms with Crippen LogP contribution in [0.15, 0.2) is 18.3 Å². The fourth-order valence-electron chi connectivity index (χ4n) is 6.06. The van der Waals surface area contributed by atoms with Crippen molar-refractivity contribution < 1.29 is 14.9 Å². The molecule has 3 heterocycles. The largest absolute Gasteiger partial charge is 0.388 e. The Hall–Kier alpha value is -1.97. The van der Waals surface area contributed by atoms with Crippen molar-refractivity contribution in [2.45, 2.75) is 76.0 Å². The van der Waals surface area contributed by atoms with Gasteiger partial charge in [0.15, 0.2) is 0 Å². The normalized spacial score (nSPS) is 29.8. The maximum absolute atomic E-state index is 10.7. The molecule has 3 aliphatic rings. The van der Waals surface area contributed by atoms with E-state index in [-0.39, 0.29) is 24.2 Å². The van der Waals surface area contributed by atoms with Gasteiger partial charge >= 0.3 is 0 Å². The fraction of sp³-hybridized carbons (Fsp3) is 0.542. The van der Waals surface area contributed by atoms with Gasteiger partial charge in [-0.3, -0.25) is 0 Å². The molecule has 0 radical (unpaired) electrons. The van der Waals surface area contributed by atoms with Crippen molar-refractivity contribution in [1.29, 1.82) is 0 Å². The summed E-state index contributed by atoms with van der Waals surface area (Å²) >= 11 is 13.2. The molecule has 1 aromatic carbocycles. The van der Waals surface area contributed by atoms with Crippen LogP contribution in [0.2, 0.25) is 10.0 Å². The zero-order chi connectivity index (χ0) is 24.2. The van der Waals surface area contributed by atoms with Gasteiger partial charge in [-0.2, -0.15) is 0 Å². The van der Waals surface area contributed by atoms with Crippen LogP contribution in [0.25, 0.3) is 22.3 Å². The van der Waals surface area contributed by atoms with E-state index in [9.17, 15) is 10.2 Å². The van der Waals surface area contributed by atoms with Crippen LogP contribution in [-0.2, 0) is 10.3 Å². The number of hydrogen-bond donors (Lipinski definition) is 3. The van der Waals surface area contributed by atoms with E-state index in [0.29, 0.717) is 33.0 Å². The summed E-state index contributed by atoms with van der Waals surface area (Å²) in [5.74, 6) is 1.22. The monoisotopic (exact) mass is 503 g/mol. The number of nitrogens with one attached hydrogen (secondary N) is 1. The van der Waals surface area contributed by atoms with Gasteiger partial charge in [0.2, 0.25) is 5.95 Å². The molecule has 10 heteroatoms. The molecule has 0 spiro atoms. The molecule has 1 saturated heterocycles. The van der Waals surface area contributed by atoms with E-state index in [1.54, 1.807) is 26.1 Å². The standard InChI is InChI=1S/C24H27Cl2N5O3/c1-10(2)31-16-6-11(5-14(25)18(16)28-21(31)23(3,4)33)17-15(26)9-27-22(29-17)30-24-8-12-7-13(24)19(34-12)20(24)32/h5-6,9-10,12-13,19-20,32-33H,7-8H2,1-4H3,(H,27,29,30)/t12-,13?,19+,20-,24-/m1/s1. The SMILES string of the molecule is CC(C)n1c(C(C)(C)O)nc2c(Cl)cc(-c3nc(N[C@]45C[C@H]6CC4[C@H](O6)[C@H]5O)ncc3Cl)cc21. The van der Waals surface area contributed by atoms with Gasteiger partial charge in [0.25, 0.3) is 0 Å². The number of fused-ring (bicyclic) bond motifs is 2. The summed E-state index contributed by atoms with van der Waals surface area (Å²) in [4.78, 5) is 13.8. The molecule has 3 aromatic rings. The number of halogens is 2. The van der Waals surface area contributed by atoms with Crippen LogP contribution in [0.1, 0.15) is 52.4 Å². The fourth-order valence-corrected chi connectivity index (χ4v) is 6.52. The van der Waals surface area contributed by atoms with Crippen molar-refractivity contribution in [3.8, 4) is 11.3 Å². The van der Waals surface area contributed by atoms with Gasteiger partial charge in [-0.25, -0.2) is 15.0 Å². The highest BCUT2D eigenvalue weighted by atomic mass is 35.5. The van der Waals surface area contributed by atoms with Crippen LogP contribution in [-0.4, -0.2) is 53.6 Å². The first-order valence-corrected chi connectivity index (χ1v) is 12.3. The number of aliphatic hydroxyl groups excluding tert-OH is 1. The number of rotatable bonds is 5. The summed E-state index contributed by atoms with van der Waals surface area (Å²) in [6, 6.07) is 3.77. The Labute approximate surface area is 207 Å². The van der Waals surface area contributed by atoms with Crippen molar-refractivity contribution in [3.63, 3.8) is 0 Å². The van der Waals surface area contributed by atoms with Crippen LogP contribution in [0.4, 0.5) is 5.95 Å². The Bertz CT molecular complexity index is 1320. The molecule has 5 atom stereocenters. The second-order valence-electron chi connectivity index (χ2n) is 10.6. The first-order chi connectivity index (χ1) is 16.0. The number of hydrogen-bond acceptors (Lipinski definition) is 7. The second kappa shape index (κ2) is 7.27. The highest BCUT2D eigenvalue weighted by molar-refractivity contribution is 6.36. The molecule has 2 saturated carbocycles. The molecule has 3 fully saturated rings. The number of ether oxygens (including phenoxy) is 1. The molecule has 6 rings (SSSR count). The van der Waals surface area contributed by atoms with Gasteiger partial charge in [0.05, 0.1) is 45.2 Å². The van der Waals surface area contributed by atoms with Crippen LogP contribution in [0, 0.1) is 5.92 Å². The minimum Gasteiger partial charge on any atom is -0.388 e. The minimum atomic E-state index is -1.14. The van der Waals surface area contributed by atoms with E-state index >= 15 is 0 Å². The predicted molar refractivity (Wildman–Crippen MR) is 130 cm³/mol. The van der Waals surface area contributed by atoms with Gasteiger partial charge in [0, 0.05) is 17.5 Å². The molecule has 34 heavy (non-hydrogen) atoms. The van der Waals surface area contributed by atoms with E-state index < -0.39 is 17.2 Å². The molecule has 2 aliphatic carbocycles. The Morgan fingerprint density at radius 1 is 1.24 bits per heavy atom. The number of imidazole rings is 1. The summed E-state index contributed by atoms with van der Waals surface area (Å²) in [5.41, 5.74) is 1.08. The smallest absolute Gasteiger partial charge is 0.223 e. The maximum Gasteiger partial charge on any atom is 0.223 e. The lowest BCUT2D eigenvalue weighted by Crippen LogP contribution is -2.73. The third-order valence-corrected chi connectivity index (χ3v) is 8.07. The highest BCUT2D eigenvalue weighted by Crippen LogP contribution is 2.60. The quantitative estimate of drug-likeness (QED) is 0.476. The molecular weight excluding hydrogens is 477 g/mol. The molecular formula is C24H27Cl2N5O3. The molecule has 2 aromatic heterocycles. The van der Waals surface area contributed by atoms with Crippen molar-refractivity contribution in [2.24, 2.45) is 5.92 Å². The number of anilines is 1. The Morgan fingerprint density at radius 3 is 2.65 bits per heavy atom. The van der Waals surface area contributed by atoms with E-state index in [0.717, 1.165) is 23.9 Å². The third-order valence-electron chi connectivity index (χ3n) is 7.50. The van der Waals surface area contributed by atoms with Gasteiger partial charge in [0.1, 0.15) is 23.0 Å². The van der Waals surface area contributed by atoms with E-state index in [1.165, 1.54) is 0 Å². The van der Waals surface area contributed by atoms with Gasteiger partial charge < -0.3 is 24.8 Å². The van der Waals surface area contributed by atoms with Crippen molar-refractivity contribution >= 4 is 40.2 Å². The number of aliphatic hydroxyl groups is 2. The molecule has 1 aliphatic heterocycles. The molecule has 0 amide bonds. The summed E-state index contributed by atoms with van der Waals surface area (Å²) in [7, 11) is 0. The molecule has 8 nitrogen and oxygen atoms in total. The Balaban J connectivity index is 1.43. The topological polar surface area (TPSA) is 105 Å². The van der Waals surface area contributed by atoms with E-state index in [2.05, 4.69) is 15.3 Å². The predicted octanol–water partition coefficient (Wildman–Crippen LogP) is 4.31. The van der Waals surface area contributed by atoms with Crippen molar-refractivity contribution in [1.82, 2.24) is 19.5 Å². The first-order valence-electron chi connectivity index (χ1n) is 11.6. The summed E-state index contributed by atoms with van der Waals surface area (Å²) in [5, 5.41) is 25.6. The summed E-state index contributed by atoms with van der Waals surface area (Å²) in [6.45, 7) is 7.49. The minimum absolute atomic E-state index is 0.0444. The van der Waals surface area contributed by atoms with Crippen LogP contribution < -0.4 is 5.32 Å². The summed E-state index contributed by atoms with van der Waals surface area (Å²) < 4.78 is 7.82. The molecule has 1 unspecified atom stereocenters. The van der Waals surface area contributed by atoms with Crippen LogP contribution >= 0.6 is 23.2 Å². The molecule has 180 valence electrons. The Kier molecular flexibility index (Phi) is 4.81. The third kappa shape index (κ3) is 3.05. The van der Waals surface area contributed by atoms with Gasteiger partial charge in [-0.1, -0.05) is 23.2 Å². The Morgan fingerprint density at radius 2 is 2.00 bits per heavy atom. The van der Waals surface area contributed by atoms with Crippen molar-refractivity contribution in [2.75, 3.05) is 5.32 Å². The average Bonchev–Trinajstić information content (AvgIpc) is 3.43. The zero-order valence-corrected chi connectivity index (χ0v) is 20.9. The lowest BCUT2D eigenvalue weighted by Gasteiger charge is -2.56. The zero-order valence-electron chi connectivity index (χ0n) is 19.4. The number of nitrogens with zero attached hydrogens (tertiary/aromatic N) is 4. The van der Waals surface area contributed by atoms with Crippen molar-refractivity contribution in [3.05, 3.63) is 34.2 Å². The molecule has 3 N–H and O–H groups in total. The van der Waals surface area contributed by atoms with Crippen LogP contribution in [0.5, 0.6) is 0 Å². The van der Waals surface area contributed by atoms with E-state index in [1.807, 2.05) is 24.5 Å². The number of benzene rings is 1. The lowest BCUT2D eigenvalue weighted by atomic mass is 9.63. The first kappa shape index (κ1) is 22.5. The second-order valence-corrected chi connectivity index (χ2v) is 11.4. The average molecular weight is 504 g/mol. The lowest BCUT2D eigenvalue weighted by molar-refractivity contribution is -0.194. The van der Waals surface area contributed by atoms with E-state index in [4.69, 9.17) is 32.9 Å². The summed E-state index contributed by atoms with van der Waals surface area (Å²) in [6.07, 6.45) is 2.76. The van der Waals surface area contributed by atoms with Gasteiger partial charge in [-0.05, 0) is 52.7 Å². The van der Waals surface area contributed by atoms with Crippen LogP contribution in [0.3, 0.4) is 0 Å². The molecule has 2 bridgehead atoms. The van der Waals surface area contributed by atoms with Gasteiger partial charge in [-0.15, -0.1) is 0 Å². The highest BCUT2D eigenvalue weighted by Gasteiger charge is 2.72.